The van der Waals surface area contributed by atoms with Crippen LogP contribution in [0, 0.1) is 10.1 Å². The standard InChI is InChI=1S/C4H7NO2.C2H6/c1-4(2)3-5(6)7;1-2/h3H,1-2H3;1-2H3. The smallest absolute Gasteiger partial charge is 0.233 e. The molecule has 0 aliphatic rings. The van der Waals surface area contributed by atoms with Crippen molar-refractivity contribution in [2.45, 2.75) is 27.7 Å². The summed E-state index contributed by atoms with van der Waals surface area (Å²) in [6.07, 6.45) is 0.972. The van der Waals surface area contributed by atoms with Crippen LogP contribution in [0.15, 0.2) is 11.8 Å². The molecule has 0 aromatic carbocycles. The number of nitro groups is 1. The maximum absolute atomic E-state index is 9.54. The average Bonchev–Trinajstić information content (AvgIpc) is 1.68. The molecule has 9 heavy (non-hydrogen) atoms. The van der Waals surface area contributed by atoms with Crippen molar-refractivity contribution in [3.05, 3.63) is 21.9 Å². The van der Waals surface area contributed by atoms with E-state index in [0.717, 1.165) is 6.20 Å². The number of nitrogens with zero attached hydrogens (tertiary/aromatic N) is 1. The Morgan fingerprint density at radius 2 is 1.78 bits per heavy atom. The Labute approximate surface area is 55.5 Å². The average molecular weight is 131 g/mol. The van der Waals surface area contributed by atoms with Gasteiger partial charge in [0.05, 0.1) is 4.92 Å². The fourth-order valence-electron chi connectivity index (χ4n) is 0.211. The highest BCUT2D eigenvalue weighted by Crippen LogP contribution is 1.85. The Morgan fingerprint density at radius 3 is 1.78 bits per heavy atom. The van der Waals surface area contributed by atoms with Crippen molar-refractivity contribution < 1.29 is 4.92 Å². The molecule has 3 nitrogen and oxygen atoms in total. The first-order valence-corrected chi connectivity index (χ1v) is 2.91. The summed E-state index contributed by atoms with van der Waals surface area (Å²) in [7, 11) is 0. The lowest BCUT2D eigenvalue weighted by Gasteiger charge is -1.77. The summed E-state index contributed by atoms with van der Waals surface area (Å²) < 4.78 is 0. The molecule has 3 heteroatoms. The van der Waals surface area contributed by atoms with Crippen LogP contribution >= 0.6 is 0 Å². The summed E-state index contributed by atoms with van der Waals surface area (Å²) >= 11 is 0. The molecule has 0 fully saturated rings. The van der Waals surface area contributed by atoms with E-state index in [2.05, 4.69) is 0 Å². The molecule has 0 heterocycles. The van der Waals surface area contributed by atoms with Crippen LogP contribution in [0.2, 0.25) is 0 Å². The Kier molecular flexibility index (Phi) is 8.73. The van der Waals surface area contributed by atoms with Crippen LogP contribution in [-0.2, 0) is 0 Å². The lowest BCUT2D eigenvalue weighted by atomic mass is 10.4. The van der Waals surface area contributed by atoms with Gasteiger partial charge in [0, 0.05) is 0 Å². The predicted molar refractivity (Wildman–Crippen MR) is 37.8 cm³/mol. The maximum Gasteiger partial charge on any atom is 0.233 e. The summed E-state index contributed by atoms with van der Waals surface area (Å²) in [4.78, 5) is 9.08. The monoisotopic (exact) mass is 131 g/mol. The maximum atomic E-state index is 9.54. The molecule has 0 aliphatic heterocycles. The van der Waals surface area contributed by atoms with Crippen molar-refractivity contribution in [3.63, 3.8) is 0 Å². The van der Waals surface area contributed by atoms with Crippen molar-refractivity contribution in [2.24, 2.45) is 0 Å². The molecule has 0 saturated carbocycles. The second-order valence-electron chi connectivity index (χ2n) is 1.49. The Hall–Kier alpha value is -0.860. The number of hydrogen-bond donors (Lipinski definition) is 0. The van der Waals surface area contributed by atoms with Crippen molar-refractivity contribution >= 4 is 0 Å². The van der Waals surface area contributed by atoms with Gasteiger partial charge in [-0.3, -0.25) is 10.1 Å². The second-order valence-corrected chi connectivity index (χ2v) is 1.49. The van der Waals surface area contributed by atoms with Gasteiger partial charge in [0.2, 0.25) is 6.20 Å². The van der Waals surface area contributed by atoms with E-state index in [9.17, 15) is 10.1 Å². The molecule has 0 unspecified atom stereocenters. The quantitative estimate of drug-likeness (QED) is 0.404. The Morgan fingerprint density at radius 1 is 1.44 bits per heavy atom. The molecule has 54 valence electrons. The molecule has 0 aliphatic carbocycles. The van der Waals surface area contributed by atoms with Crippen molar-refractivity contribution in [3.8, 4) is 0 Å². The first-order chi connectivity index (χ1) is 4.13. The van der Waals surface area contributed by atoms with E-state index in [1.54, 1.807) is 13.8 Å². The van der Waals surface area contributed by atoms with Crippen LogP contribution in [0.4, 0.5) is 0 Å². The molecule has 0 rings (SSSR count). The molecule has 0 spiro atoms. The molecular weight excluding hydrogens is 118 g/mol. The van der Waals surface area contributed by atoms with Gasteiger partial charge < -0.3 is 0 Å². The lowest BCUT2D eigenvalue weighted by molar-refractivity contribution is -0.403. The van der Waals surface area contributed by atoms with Gasteiger partial charge in [-0.05, 0) is 19.4 Å². The molecule has 0 bridgehead atoms. The van der Waals surface area contributed by atoms with Gasteiger partial charge in [-0.1, -0.05) is 13.8 Å². The summed E-state index contributed by atoms with van der Waals surface area (Å²) in [6, 6.07) is 0. The fraction of sp³-hybridized carbons (Fsp3) is 0.667. The zero-order valence-electron chi connectivity index (χ0n) is 6.34. The minimum atomic E-state index is -0.463. The lowest BCUT2D eigenvalue weighted by Crippen LogP contribution is -1.83. The van der Waals surface area contributed by atoms with E-state index in [0.29, 0.717) is 5.57 Å². The van der Waals surface area contributed by atoms with Crippen LogP contribution < -0.4 is 0 Å². The highest BCUT2D eigenvalue weighted by molar-refractivity contribution is 4.85. The number of rotatable bonds is 1. The number of allylic oxidation sites excluding steroid dienone is 1. The van der Waals surface area contributed by atoms with E-state index in [1.807, 2.05) is 13.8 Å². The molecule has 0 aromatic rings. The minimum Gasteiger partial charge on any atom is -0.259 e. The summed E-state index contributed by atoms with van der Waals surface area (Å²) in [5, 5.41) is 9.54. The van der Waals surface area contributed by atoms with Crippen LogP contribution in [0.3, 0.4) is 0 Å². The third-order valence-corrected chi connectivity index (χ3v) is 0.364. The normalized spacial score (nSPS) is 6.67. The third kappa shape index (κ3) is 19.1. The van der Waals surface area contributed by atoms with E-state index in [1.165, 1.54) is 0 Å². The fourth-order valence-corrected chi connectivity index (χ4v) is 0.211. The SMILES string of the molecule is CC.CC(C)=C[N+](=O)[O-]. The molecule has 0 atom stereocenters. The van der Waals surface area contributed by atoms with Crippen molar-refractivity contribution in [1.29, 1.82) is 0 Å². The van der Waals surface area contributed by atoms with Gasteiger partial charge in [-0.2, -0.15) is 0 Å². The van der Waals surface area contributed by atoms with Gasteiger partial charge in [0.25, 0.3) is 0 Å². The Bertz CT molecular complexity index is 104. The van der Waals surface area contributed by atoms with Crippen molar-refractivity contribution in [2.75, 3.05) is 0 Å². The van der Waals surface area contributed by atoms with Gasteiger partial charge in [0.1, 0.15) is 0 Å². The van der Waals surface area contributed by atoms with Crippen LogP contribution in [-0.4, -0.2) is 4.92 Å². The largest absolute Gasteiger partial charge is 0.259 e. The van der Waals surface area contributed by atoms with Crippen LogP contribution in [0.25, 0.3) is 0 Å². The zero-order chi connectivity index (χ0) is 7.86. The molecular formula is C6H13NO2. The highest BCUT2D eigenvalue weighted by Gasteiger charge is 1.83. The van der Waals surface area contributed by atoms with Gasteiger partial charge in [0.15, 0.2) is 0 Å². The highest BCUT2D eigenvalue weighted by atomic mass is 16.6. The van der Waals surface area contributed by atoms with Gasteiger partial charge >= 0.3 is 0 Å². The van der Waals surface area contributed by atoms with E-state index in [4.69, 9.17) is 0 Å². The number of hydrogen-bond acceptors (Lipinski definition) is 2. The first-order valence-electron chi connectivity index (χ1n) is 2.91. The van der Waals surface area contributed by atoms with E-state index < -0.39 is 4.92 Å². The molecule has 0 aromatic heterocycles. The van der Waals surface area contributed by atoms with Crippen LogP contribution in [0.5, 0.6) is 0 Å². The van der Waals surface area contributed by atoms with Gasteiger partial charge in [-0.15, -0.1) is 0 Å². The molecule has 0 radical (unpaired) electrons. The molecule has 0 amide bonds. The first kappa shape index (κ1) is 11.0. The zero-order valence-corrected chi connectivity index (χ0v) is 6.34. The van der Waals surface area contributed by atoms with E-state index >= 15 is 0 Å². The third-order valence-electron chi connectivity index (χ3n) is 0.364. The summed E-state index contributed by atoms with van der Waals surface area (Å²) in [5.74, 6) is 0. The molecule has 0 N–H and O–H groups in total. The van der Waals surface area contributed by atoms with Gasteiger partial charge in [-0.25, -0.2) is 0 Å². The summed E-state index contributed by atoms with van der Waals surface area (Å²) in [6.45, 7) is 7.37. The Balaban J connectivity index is 0. The summed E-state index contributed by atoms with van der Waals surface area (Å²) in [5.41, 5.74) is 0.713. The second kappa shape index (κ2) is 7.14. The van der Waals surface area contributed by atoms with Crippen molar-refractivity contribution in [1.82, 2.24) is 0 Å². The van der Waals surface area contributed by atoms with E-state index in [-0.39, 0.29) is 0 Å². The topological polar surface area (TPSA) is 43.1 Å². The minimum absolute atomic E-state index is 0.463. The molecule has 0 saturated heterocycles. The van der Waals surface area contributed by atoms with Crippen LogP contribution in [0.1, 0.15) is 27.7 Å². The predicted octanol–water partition coefficient (Wildman–Crippen LogP) is 2.21.